The summed E-state index contributed by atoms with van der Waals surface area (Å²) in [6.45, 7) is 8.11. The second-order valence-corrected chi connectivity index (χ2v) is 10.0. The smallest absolute Gasteiger partial charge is 0.417 e. The third kappa shape index (κ3) is 6.96. The van der Waals surface area contributed by atoms with Crippen molar-refractivity contribution < 1.29 is 27.5 Å². The number of ether oxygens (including phenoxy) is 1. The molecule has 0 saturated carbocycles. The number of carbonyl (C=O) groups excluding carboxylic acids is 2. The normalized spacial score (nSPS) is 13.3. The van der Waals surface area contributed by atoms with Gasteiger partial charge in [0.2, 0.25) is 5.91 Å². The zero-order valence-electron chi connectivity index (χ0n) is 20.8. The molecule has 0 bridgehead atoms. The predicted molar refractivity (Wildman–Crippen MR) is 127 cm³/mol. The van der Waals surface area contributed by atoms with E-state index in [0.717, 1.165) is 17.8 Å². The number of pyridine rings is 1. The average Bonchev–Trinajstić information content (AvgIpc) is 3.18. The molecule has 0 aliphatic rings. The van der Waals surface area contributed by atoms with E-state index in [4.69, 9.17) is 4.74 Å². The average molecular weight is 506 g/mol. The number of rotatable bonds is 7. The van der Waals surface area contributed by atoms with Gasteiger partial charge in [-0.1, -0.05) is 30.3 Å². The number of hydrogen-bond donors (Lipinski definition) is 2. The lowest BCUT2D eigenvalue weighted by Crippen LogP contribution is -2.56. The Hall–Kier alpha value is -3.63. The first kappa shape index (κ1) is 27.0. The number of fused-ring (bicyclic) bond motifs is 1. The van der Waals surface area contributed by atoms with Crippen molar-refractivity contribution in [1.82, 2.24) is 25.2 Å². The van der Waals surface area contributed by atoms with Gasteiger partial charge in [0.1, 0.15) is 11.1 Å². The zero-order chi connectivity index (χ0) is 26.7. The number of halogens is 3. The SMILES string of the molecule is CC(C)(C)OC(=O)NC(C)(C)C(=O)N[C@H](CCc1ccccc1)c1nnc2ccc(C(F)(F)F)cn12. The van der Waals surface area contributed by atoms with Gasteiger partial charge in [0.25, 0.3) is 0 Å². The van der Waals surface area contributed by atoms with Gasteiger partial charge in [-0.25, -0.2) is 4.79 Å². The van der Waals surface area contributed by atoms with Gasteiger partial charge in [-0.05, 0) is 65.2 Å². The van der Waals surface area contributed by atoms with Crippen molar-refractivity contribution in [2.45, 2.75) is 70.8 Å². The Morgan fingerprint density at radius 3 is 2.28 bits per heavy atom. The highest BCUT2D eigenvalue weighted by atomic mass is 19.4. The molecule has 8 nitrogen and oxygen atoms in total. The number of nitrogens with zero attached hydrogens (tertiary/aromatic N) is 3. The molecule has 3 aromatic rings. The van der Waals surface area contributed by atoms with Gasteiger partial charge in [0.15, 0.2) is 11.5 Å². The van der Waals surface area contributed by atoms with E-state index in [2.05, 4.69) is 20.8 Å². The molecule has 11 heteroatoms. The molecule has 0 aliphatic carbocycles. The molecule has 0 saturated heterocycles. The summed E-state index contributed by atoms with van der Waals surface area (Å²) < 4.78 is 46.5. The summed E-state index contributed by atoms with van der Waals surface area (Å²) in [4.78, 5) is 25.5. The lowest BCUT2D eigenvalue weighted by Gasteiger charge is -2.29. The zero-order valence-corrected chi connectivity index (χ0v) is 20.8. The van der Waals surface area contributed by atoms with Crippen LogP contribution in [0, 0.1) is 0 Å². The number of aromatic nitrogens is 3. The van der Waals surface area contributed by atoms with Crippen LogP contribution in [-0.4, -0.2) is 37.7 Å². The molecule has 2 heterocycles. The molecule has 0 radical (unpaired) electrons. The number of benzene rings is 1. The van der Waals surface area contributed by atoms with Crippen molar-refractivity contribution in [3.05, 3.63) is 65.6 Å². The van der Waals surface area contributed by atoms with Crippen LogP contribution in [0.2, 0.25) is 0 Å². The Bertz CT molecular complexity index is 1220. The fourth-order valence-electron chi connectivity index (χ4n) is 3.49. The number of hydrogen-bond acceptors (Lipinski definition) is 5. The number of carbonyl (C=O) groups is 2. The lowest BCUT2D eigenvalue weighted by molar-refractivity contribution is -0.138. The van der Waals surface area contributed by atoms with Gasteiger partial charge in [-0.3, -0.25) is 9.20 Å². The fourth-order valence-corrected chi connectivity index (χ4v) is 3.49. The van der Waals surface area contributed by atoms with Crippen LogP contribution in [0.5, 0.6) is 0 Å². The number of nitrogens with one attached hydrogen (secondary N) is 2. The van der Waals surface area contributed by atoms with E-state index in [1.165, 1.54) is 24.3 Å². The summed E-state index contributed by atoms with van der Waals surface area (Å²) in [6.07, 6.45) is -3.57. The molecule has 2 amide bonds. The summed E-state index contributed by atoms with van der Waals surface area (Å²) in [6, 6.07) is 10.8. The van der Waals surface area contributed by atoms with E-state index in [0.29, 0.717) is 12.8 Å². The molecule has 1 aromatic carbocycles. The highest BCUT2D eigenvalue weighted by molar-refractivity contribution is 5.89. The molecule has 0 fully saturated rings. The van der Waals surface area contributed by atoms with E-state index >= 15 is 0 Å². The van der Waals surface area contributed by atoms with E-state index < -0.39 is 40.9 Å². The fraction of sp³-hybridized carbons (Fsp3) is 0.440. The van der Waals surface area contributed by atoms with Crippen molar-refractivity contribution in [1.29, 1.82) is 0 Å². The van der Waals surface area contributed by atoms with Crippen LogP contribution in [0.4, 0.5) is 18.0 Å². The van der Waals surface area contributed by atoms with Crippen LogP contribution in [-0.2, 0) is 22.1 Å². The molecule has 0 spiro atoms. The van der Waals surface area contributed by atoms with Crippen molar-refractivity contribution in [2.24, 2.45) is 0 Å². The third-order valence-corrected chi connectivity index (χ3v) is 5.32. The molecule has 0 aliphatic heterocycles. The quantitative estimate of drug-likeness (QED) is 0.479. The van der Waals surface area contributed by atoms with Gasteiger partial charge >= 0.3 is 12.3 Å². The first-order valence-corrected chi connectivity index (χ1v) is 11.4. The van der Waals surface area contributed by atoms with Gasteiger partial charge in [0.05, 0.1) is 11.6 Å². The molecule has 0 unspecified atom stereocenters. The van der Waals surface area contributed by atoms with Crippen LogP contribution in [0.25, 0.3) is 5.65 Å². The monoisotopic (exact) mass is 505 g/mol. The first-order valence-electron chi connectivity index (χ1n) is 11.4. The molecule has 1 atom stereocenters. The Balaban J connectivity index is 1.90. The van der Waals surface area contributed by atoms with E-state index in [1.807, 2.05) is 30.3 Å². The summed E-state index contributed by atoms with van der Waals surface area (Å²) in [7, 11) is 0. The maximum Gasteiger partial charge on any atom is 0.417 e. The lowest BCUT2D eigenvalue weighted by atomic mass is 10.0. The van der Waals surface area contributed by atoms with E-state index in [-0.39, 0.29) is 11.5 Å². The molecule has 3 rings (SSSR count). The summed E-state index contributed by atoms with van der Waals surface area (Å²) >= 11 is 0. The van der Waals surface area contributed by atoms with E-state index in [9.17, 15) is 22.8 Å². The Morgan fingerprint density at radius 1 is 1.00 bits per heavy atom. The Labute approximate surface area is 207 Å². The van der Waals surface area contributed by atoms with E-state index in [1.54, 1.807) is 20.8 Å². The third-order valence-electron chi connectivity index (χ3n) is 5.32. The highest BCUT2D eigenvalue weighted by Gasteiger charge is 2.35. The van der Waals surface area contributed by atoms with Gasteiger partial charge < -0.3 is 15.4 Å². The highest BCUT2D eigenvalue weighted by Crippen LogP contribution is 2.30. The first-order chi connectivity index (χ1) is 16.7. The molecule has 194 valence electrons. The van der Waals surface area contributed by atoms with Gasteiger partial charge in [-0.2, -0.15) is 13.2 Å². The van der Waals surface area contributed by atoms with Crippen LogP contribution in [0.1, 0.15) is 64.0 Å². The summed E-state index contributed by atoms with van der Waals surface area (Å²) in [5.41, 5.74) is -1.82. The topological polar surface area (TPSA) is 97.6 Å². The minimum Gasteiger partial charge on any atom is -0.444 e. The standard InChI is InChI=1S/C25H30F3N5O3/c1-23(2,3)36-22(35)30-24(4,5)21(34)29-18(13-11-16-9-7-6-8-10-16)20-32-31-19-14-12-17(15-33(19)20)25(26,27)28/h6-10,12,14-15,18H,11,13H2,1-5H3,(H,29,34)(H,30,35)/t18-/m1/s1. The minimum atomic E-state index is -4.56. The molecule has 36 heavy (non-hydrogen) atoms. The molecular weight excluding hydrogens is 475 g/mol. The molecule has 2 N–H and O–H groups in total. The second kappa shape index (κ2) is 10.2. The predicted octanol–water partition coefficient (Wildman–Crippen LogP) is 4.84. The van der Waals surface area contributed by atoms with Crippen LogP contribution in [0.3, 0.4) is 0 Å². The summed E-state index contributed by atoms with van der Waals surface area (Å²) in [5, 5.41) is 13.4. The largest absolute Gasteiger partial charge is 0.444 e. The number of amides is 2. The maximum absolute atomic E-state index is 13.4. The number of alkyl halides is 3. The van der Waals surface area contributed by atoms with Gasteiger partial charge in [-0.15, -0.1) is 10.2 Å². The van der Waals surface area contributed by atoms with Gasteiger partial charge in [0, 0.05) is 6.20 Å². The second-order valence-electron chi connectivity index (χ2n) is 10.0. The van der Waals surface area contributed by atoms with Crippen molar-refractivity contribution >= 4 is 17.6 Å². The molecular formula is C25H30F3N5O3. The number of alkyl carbamates (subject to hydrolysis) is 1. The number of aryl methyl sites for hydroxylation is 1. The minimum absolute atomic E-state index is 0.147. The summed E-state index contributed by atoms with van der Waals surface area (Å²) in [5.74, 6) is -0.413. The molecule has 2 aromatic heterocycles. The Morgan fingerprint density at radius 2 is 1.67 bits per heavy atom. The van der Waals surface area contributed by atoms with Crippen LogP contribution >= 0.6 is 0 Å². The van der Waals surface area contributed by atoms with Crippen molar-refractivity contribution in [3.8, 4) is 0 Å². The van der Waals surface area contributed by atoms with Crippen LogP contribution < -0.4 is 10.6 Å². The Kier molecular flexibility index (Phi) is 7.61. The maximum atomic E-state index is 13.4. The van der Waals surface area contributed by atoms with Crippen LogP contribution in [0.15, 0.2) is 48.7 Å². The van der Waals surface area contributed by atoms with Crippen molar-refractivity contribution in [2.75, 3.05) is 0 Å². The van der Waals surface area contributed by atoms with Crippen molar-refractivity contribution in [3.63, 3.8) is 0 Å².